The smallest absolute Gasteiger partial charge is 0.0701 e. The molecule has 5 heteroatoms. The Morgan fingerprint density at radius 1 is 0.615 bits per heavy atom. The fraction of sp³-hybridized carbons (Fsp3) is 1.00. The predicted octanol–water partition coefficient (Wildman–Crippen LogP) is 0.312. The molecule has 0 aromatic carbocycles. The third-order valence-electron chi connectivity index (χ3n) is 1.24. The van der Waals surface area contributed by atoms with Crippen LogP contribution in [0.25, 0.3) is 0 Å². The molecule has 0 aromatic rings. The van der Waals surface area contributed by atoms with Gasteiger partial charge in [-0.2, -0.15) is 0 Å². The van der Waals surface area contributed by atoms with Crippen molar-refractivity contribution in [3.63, 3.8) is 0 Å². The Balaban J connectivity index is 0. The average molecular weight is 317 g/mol. The van der Waals surface area contributed by atoms with Gasteiger partial charge in [0.1, 0.15) is 0 Å². The van der Waals surface area contributed by atoms with E-state index in [-0.39, 0.29) is 35.6 Å². The van der Waals surface area contributed by atoms with Crippen LogP contribution in [-0.2, 0) is 18.9 Å². The second-order valence-corrected chi connectivity index (χ2v) is 2.21. The summed E-state index contributed by atoms with van der Waals surface area (Å²) in [5.41, 5.74) is 0. The monoisotopic (exact) mass is 317 g/mol. The van der Waals surface area contributed by atoms with E-state index in [2.05, 4.69) is 0 Å². The quantitative estimate of drug-likeness (QED) is 0.574. The molecule has 0 heterocycles. The Morgan fingerprint density at radius 2 is 0.923 bits per heavy atom. The molecule has 0 aliphatic rings. The summed E-state index contributed by atoms with van der Waals surface area (Å²) in [4.78, 5) is 0. The molecule has 0 spiro atoms. The van der Waals surface area contributed by atoms with Crippen molar-refractivity contribution in [1.29, 1.82) is 0 Å². The van der Waals surface area contributed by atoms with Gasteiger partial charge in [0.25, 0.3) is 0 Å². The number of hydrogen-bond donors (Lipinski definition) is 0. The molecular weight excluding hydrogens is 299 g/mol. The predicted molar refractivity (Wildman–Crippen MR) is 45.4 cm³/mol. The summed E-state index contributed by atoms with van der Waals surface area (Å²) in [5, 5.41) is 0. The molecule has 0 aromatic heterocycles. The third-order valence-corrected chi connectivity index (χ3v) is 1.24. The van der Waals surface area contributed by atoms with Crippen LogP contribution >= 0.6 is 0 Å². The van der Waals surface area contributed by atoms with Crippen LogP contribution in [0.3, 0.4) is 0 Å². The minimum absolute atomic E-state index is 0. The minimum Gasteiger partial charge on any atom is -0.382 e. The molecule has 0 aliphatic carbocycles. The van der Waals surface area contributed by atoms with Gasteiger partial charge < -0.3 is 18.9 Å². The largest absolute Gasteiger partial charge is 0.382 e. The van der Waals surface area contributed by atoms with Crippen LogP contribution in [0.1, 0.15) is 0 Å². The van der Waals surface area contributed by atoms with Crippen LogP contribution < -0.4 is 0 Å². The van der Waals surface area contributed by atoms with Gasteiger partial charge in [0.05, 0.1) is 39.6 Å². The van der Waals surface area contributed by atoms with Gasteiger partial charge in [-0.15, -0.1) is 0 Å². The van der Waals surface area contributed by atoms with E-state index in [4.69, 9.17) is 18.9 Å². The van der Waals surface area contributed by atoms with Gasteiger partial charge in [-0.05, 0) is 0 Å². The van der Waals surface area contributed by atoms with Crippen LogP contribution in [0.5, 0.6) is 0 Å². The maximum atomic E-state index is 5.16. The standard InChI is InChI=1S/C8H18O4.La/c1-9-3-5-11-7-8-12-6-4-10-2;/h3-8H2,1-2H3;. The summed E-state index contributed by atoms with van der Waals surface area (Å²) >= 11 is 0. The molecule has 0 unspecified atom stereocenters. The Kier molecular flexibility index (Phi) is 19.6. The van der Waals surface area contributed by atoms with Crippen molar-refractivity contribution in [2.45, 2.75) is 0 Å². The summed E-state index contributed by atoms with van der Waals surface area (Å²) in [6.45, 7) is 3.77. The first-order valence-corrected chi connectivity index (χ1v) is 4.05. The summed E-state index contributed by atoms with van der Waals surface area (Å²) in [5.74, 6) is 0. The van der Waals surface area contributed by atoms with Gasteiger partial charge in [-0.3, -0.25) is 0 Å². The summed E-state index contributed by atoms with van der Waals surface area (Å²) < 4.78 is 19.9. The Bertz CT molecular complexity index is 72.5. The molecule has 0 saturated carbocycles. The number of ether oxygens (including phenoxy) is 4. The molecule has 0 N–H and O–H groups in total. The zero-order chi connectivity index (χ0) is 9.07. The molecule has 4 nitrogen and oxygen atoms in total. The van der Waals surface area contributed by atoms with E-state index in [1.54, 1.807) is 14.2 Å². The molecule has 0 aliphatic heterocycles. The van der Waals surface area contributed by atoms with Gasteiger partial charge in [-0.25, -0.2) is 0 Å². The first-order chi connectivity index (χ1) is 5.91. The van der Waals surface area contributed by atoms with E-state index in [0.29, 0.717) is 39.6 Å². The van der Waals surface area contributed by atoms with Gasteiger partial charge in [0.2, 0.25) is 0 Å². The van der Waals surface area contributed by atoms with Gasteiger partial charge in [0.15, 0.2) is 0 Å². The zero-order valence-corrected chi connectivity index (χ0v) is 12.1. The maximum Gasteiger partial charge on any atom is 0.0701 e. The van der Waals surface area contributed by atoms with Gasteiger partial charge in [0, 0.05) is 49.8 Å². The topological polar surface area (TPSA) is 36.9 Å². The molecule has 0 saturated heterocycles. The first kappa shape index (κ1) is 16.5. The Hall–Kier alpha value is 1.03. The fourth-order valence-electron chi connectivity index (χ4n) is 0.606. The maximum absolute atomic E-state index is 5.16. The zero-order valence-electron chi connectivity index (χ0n) is 8.45. The van der Waals surface area contributed by atoms with Crippen molar-refractivity contribution >= 4 is 0 Å². The van der Waals surface area contributed by atoms with E-state index in [1.807, 2.05) is 0 Å². The van der Waals surface area contributed by atoms with Crippen molar-refractivity contribution in [2.75, 3.05) is 53.9 Å². The second-order valence-electron chi connectivity index (χ2n) is 2.21. The van der Waals surface area contributed by atoms with Gasteiger partial charge >= 0.3 is 0 Å². The van der Waals surface area contributed by atoms with E-state index in [9.17, 15) is 0 Å². The molecule has 0 atom stereocenters. The molecule has 77 valence electrons. The summed E-state index contributed by atoms with van der Waals surface area (Å²) in [7, 11) is 3.30. The normalized spacial score (nSPS) is 9.69. The van der Waals surface area contributed by atoms with Crippen molar-refractivity contribution < 1.29 is 54.5 Å². The number of rotatable bonds is 9. The minimum atomic E-state index is 0. The van der Waals surface area contributed by atoms with Crippen molar-refractivity contribution in [3.05, 3.63) is 0 Å². The van der Waals surface area contributed by atoms with E-state index < -0.39 is 0 Å². The van der Waals surface area contributed by atoms with Crippen LogP contribution in [0.15, 0.2) is 0 Å². The number of methoxy groups -OCH3 is 2. The summed E-state index contributed by atoms with van der Waals surface area (Å²) in [6, 6.07) is 0. The third kappa shape index (κ3) is 15.8. The Labute approximate surface area is 108 Å². The van der Waals surface area contributed by atoms with Crippen LogP contribution in [0.2, 0.25) is 0 Å². The Morgan fingerprint density at radius 3 is 1.23 bits per heavy atom. The number of hydrogen-bond acceptors (Lipinski definition) is 4. The fourth-order valence-corrected chi connectivity index (χ4v) is 0.606. The molecular formula is C8H18LaO4. The first-order valence-electron chi connectivity index (χ1n) is 4.05. The average Bonchev–Trinajstić information content (AvgIpc) is 2.10. The molecule has 0 amide bonds. The molecule has 0 bridgehead atoms. The van der Waals surface area contributed by atoms with Crippen LogP contribution in [0, 0.1) is 35.6 Å². The molecule has 0 rings (SSSR count). The van der Waals surface area contributed by atoms with Crippen LogP contribution in [0.4, 0.5) is 0 Å². The molecule has 1 radical (unpaired) electrons. The van der Waals surface area contributed by atoms with Crippen molar-refractivity contribution in [3.8, 4) is 0 Å². The van der Waals surface area contributed by atoms with E-state index in [1.165, 1.54) is 0 Å². The van der Waals surface area contributed by atoms with E-state index in [0.717, 1.165) is 0 Å². The van der Waals surface area contributed by atoms with Crippen LogP contribution in [-0.4, -0.2) is 53.9 Å². The summed E-state index contributed by atoms with van der Waals surface area (Å²) in [6.07, 6.45) is 0. The van der Waals surface area contributed by atoms with Gasteiger partial charge in [-0.1, -0.05) is 0 Å². The second kappa shape index (κ2) is 15.5. The molecule has 13 heavy (non-hydrogen) atoms. The van der Waals surface area contributed by atoms with Crippen molar-refractivity contribution in [2.24, 2.45) is 0 Å². The van der Waals surface area contributed by atoms with E-state index >= 15 is 0 Å². The molecule has 0 fully saturated rings. The van der Waals surface area contributed by atoms with Crippen molar-refractivity contribution in [1.82, 2.24) is 0 Å². The SMILES string of the molecule is COCCOCCOCCOC.[La].